The normalized spacial score (nSPS) is 18.7. The number of methoxy groups -OCH3 is 1. The summed E-state index contributed by atoms with van der Waals surface area (Å²) in [5, 5.41) is 10.6. The van der Waals surface area contributed by atoms with Crippen molar-refractivity contribution in [3.8, 4) is 5.75 Å². The molecule has 0 radical (unpaired) electrons. The van der Waals surface area contributed by atoms with Crippen LogP contribution in [0.15, 0.2) is 46.9 Å². The molecule has 1 aliphatic rings. The minimum absolute atomic E-state index is 0.265. The van der Waals surface area contributed by atoms with Gasteiger partial charge in [0, 0.05) is 16.6 Å². The minimum atomic E-state index is -0.785. The molecule has 0 spiro atoms. The zero-order valence-corrected chi connectivity index (χ0v) is 17.2. The number of para-hydroxylation sites is 1. The fourth-order valence-corrected chi connectivity index (χ4v) is 5.23. The van der Waals surface area contributed by atoms with Gasteiger partial charge in [0.2, 0.25) is 0 Å². The molecule has 1 N–H and O–H groups in total. The van der Waals surface area contributed by atoms with E-state index in [1.807, 2.05) is 47.4 Å². The number of rotatable bonds is 5. The van der Waals surface area contributed by atoms with E-state index in [2.05, 4.69) is 15.9 Å². The number of thiazole rings is 1. The molecule has 140 valence electrons. The topological polar surface area (TPSA) is 62.7 Å². The Hall–Kier alpha value is -1.96. The SMILES string of the molecule is COc1ccc(Br)cc1C(c1nc2ccccc2s1)N1CCCC1C(=O)O. The molecule has 1 aromatic heterocycles. The number of halogens is 1. The number of aromatic nitrogens is 1. The predicted octanol–water partition coefficient (Wildman–Crippen LogP) is 4.71. The van der Waals surface area contributed by atoms with Crippen LogP contribution in [0.4, 0.5) is 0 Å². The molecule has 5 nitrogen and oxygen atoms in total. The fourth-order valence-electron chi connectivity index (χ4n) is 3.74. The van der Waals surface area contributed by atoms with Crippen LogP contribution in [0.3, 0.4) is 0 Å². The molecule has 2 atom stereocenters. The number of fused-ring (bicyclic) bond motifs is 1. The van der Waals surface area contributed by atoms with Gasteiger partial charge in [-0.25, -0.2) is 4.98 Å². The zero-order chi connectivity index (χ0) is 19.0. The summed E-state index contributed by atoms with van der Waals surface area (Å²) in [6.45, 7) is 0.716. The largest absolute Gasteiger partial charge is 0.496 e. The van der Waals surface area contributed by atoms with Crippen molar-refractivity contribution in [3.05, 3.63) is 57.5 Å². The molecule has 1 aliphatic heterocycles. The van der Waals surface area contributed by atoms with Gasteiger partial charge in [-0.15, -0.1) is 11.3 Å². The maximum Gasteiger partial charge on any atom is 0.320 e. The third kappa shape index (κ3) is 3.47. The summed E-state index contributed by atoms with van der Waals surface area (Å²) in [5.41, 5.74) is 1.86. The average molecular weight is 447 g/mol. The van der Waals surface area contributed by atoms with Crippen molar-refractivity contribution in [2.45, 2.75) is 24.9 Å². The van der Waals surface area contributed by atoms with Crippen LogP contribution in [0.5, 0.6) is 5.75 Å². The number of aliphatic carboxylic acids is 1. The molecule has 7 heteroatoms. The Morgan fingerprint density at radius 1 is 1.37 bits per heavy atom. The second kappa shape index (κ2) is 7.58. The van der Waals surface area contributed by atoms with Gasteiger partial charge in [0.1, 0.15) is 16.8 Å². The van der Waals surface area contributed by atoms with Crippen LogP contribution in [0, 0.1) is 0 Å². The van der Waals surface area contributed by atoms with E-state index in [-0.39, 0.29) is 6.04 Å². The van der Waals surface area contributed by atoms with Crippen molar-refractivity contribution < 1.29 is 14.6 Å². The Balaban J connectivity index is 1.90. The number of likely N-dealkylation sites (tertiary alicyclic amines) is 1. The number of benzene rings is 2. The predicted molar refractivity (Wildman–Crippen MR) is 110 cm³/mol. The first-order valence-corrected chi connectivity index (χ1v) is 10.4. The van der Waals surface area contributed by atoms with E-state index in [1.54, 1.807) is 18.4 Å². The van der Waals surface area contributed by atoms with Gasteiger partial charge in [-0.2, -0.15) is 0 Å². The number of ether oxygens (including phenoxy) is 1. The van der Waals surface area contributed by atoms with E-state index in [0.717, 1.165) is 37.4 Å². The lowest BCUT2D eigenvalue weighted by molar-refractivity contribution is -0.142. The lowest BCUT2D eigenvalue weighted by atomic mass is 10.0. The molecule has 3 aromatic rings. The second-order valence-corrected chi connectivity index (χ2v) is 8.52. The molecular formula is C20H19BrN2O3S. The minimum Gasteiger partial charge on any atom is -0.496 e. The van der Waals surface area contributed by atoms with Crippen molar-refractivity contribution in [3.63, 3.8) is 0 Å². The number of nitrogens with zero attached hydrogens (tertiary/aromatic N) is 2. The number of hydrogen-bond donors (Lipinski definition) is 1. The highest BCUT2D eigenvalue weighted by atomic mass is 79.9. The highest BCUT2D eigenvalue weighted by molar-refractivity contribution is 9.10. The van der Waals surface area contributed by atoms with Gasteiger partial charge < -0.3 is 9.84 Å². The molecule has 2 unspecified atom stereocenters. The summed E-state index contributed by atoms with van der Waals surface area (Å²) >= 11 is 5.16. The van der Waals surface area contributed by atoms with E-state index in [1.165, 1.54) is 0 Å². The molecule has 27 heavy (non-hydrogen) atoms. The van der Waals surface area contributed by atoms with E-state index in [4.69, 9.17) is 9.72 Å². The van der Waals surface area contributed by atoms with Crippen molar-refractivity contribution in [2.75, 3.05) is 13.7 Å². The zero-order valence-electron chi connectivity index (χ0n) is 14.8. The summed E-state index contributed by atoms with van der Waals surface area (Å²) in [5.74, 6) is -0.0499. The Kier molecular flexibility index (Phi) is 5.16. The molecule has 2 heterocycles. The van der Waals surface area contributed by atoms with Gasteiger partial charge in [0.15, 0.2) is 0 Å². The van der Waals surface area contributed by atoms with Crippen LogP contribution in [-0.2, 0) is 4.79 Å². The van der Waals surface area contributed by atoms with Crippen LogP contribution < -0.4 is 4.74 Å². The van der Waals surface area contributed by atoms with Gasteiger partial charge in [0.25, 0.3) is 0 Å². The molecule has 0 aliphatic carbocycles. The van der Waals surface area contributed by atoms with Gasteiger partial charge in [0.05, 0.1) is 23.4 Å². The molecular weight excluding hydrogens is 428 g/mol. The molecule has 0 bridgehead atoms. The standard InChI is InChI=1S/C20H19BrN2O3S/c1-26-16-9-8-12(21)11-13(16)18(23-10-4-6-15(23)20(24)25)19-22-14-5-2-3-7-17(14)27-19/h2-3,5,7-9,11,15,18H,4,6,10H2,1H3,(H,24,25). The van der Waals surface area contributed by atoms with Gasteiger partial charge >= 0.3 is 5.97 Å². The summed E-state index contributed by atoms with van der Waals surface area (Å²) in [7, 11) is 1.64. The third-order valence-electron chi connectivity index (χ3n) is 4.94. The van der Waals surface area contributed by atoms with Crippen molar-refractivity contribution in [1.82, 2.24) is 9.88 Å². The van der Waals surface area contributed by atoms with Crippen LogP contribution in [-0.4, -0.2) is 40.7 Å². The van der Waals surface area contributed by atoms with Crippen molar-refractivity contribution in [2.24, 2.45) is 0 Å². The monoisotopic (exact) mass is 446 g/mol. The first-order valence-electron chi connectivity index (χ1n) is 8.76. The number of carboxylic acids is 1. The van der Waals surface area contributed by atoms with Crippen LogP contribution in [0.1, 0.15) is 29.5 Å². The number of hydrogen-bond acceptors (Lipinski definition) is 5. The molecule has 0 amide bonds. The van der Waals surface area contributed by atoms with E-state index in [9.17, 15) is 9.90 Å². The Bertz CT molecular complexity index is 957. The second-order valence-electron chi connectivity index (χ2n) is 6.54. The molecule has 1 saturated heterocycles. The first kappa shape index (κ1) is 18.4. The highest BCUT2D eigenvalue weighted by Gasteiger charge is 2.39. The quantitative estimate of drug-likeness (QED) is 0.614. The summed E-state index contributed by atoms with van der Waals surface area (Å²) < 4.78 is 7.64. The Morgan fingerprint density at radius 2 is 2.19 bits per heavy atom. The maximum absolute atomic E-state index is 11.9. The van der Waals surface area contributed by atoms with E-state index in [0.29, 0.717) is 13.0 Å². The van der Waals surface area contributed by atoms with Crippen molar-refractivity contribution >= 4 is 43.5 Å². The van der Waals surface area contributed by atoms with E-state index >= 15 is 0 Å². The van der Waals surface area contributed by atoms with Gasteiger partial charge in [-0.3, -0.25) is 9.69 Å². The van der Waals surface area contributed by atoms with Crippen LogP contribution >= 0.6 is 27.3 Å². The first-order chi connectivity index (χ1) is 13.1. The Morgan fingerprint density at radius 3 is 2.93 bits per heavy atom. The average Bonchev–Trinajstić information content (AvgIpc) is 3.29. The van der Waals surface area contributed by atoms with E-state index < -0.39 is 12.0 Å². The smallest absolute Gasteiger partial charge is 0.320 e. The lowest BCUT2D eigenvalue weighted by Crippen LogP contribution is -2.39. The number of carbonyl (C=O) groups is 1. The van der Waals surface area contributed by atoms with Gasteiger partial charge in [-0.05, 0) is 43.2 Å². The maximum atomic E-state index is 11.9. The van der Waals surface area contributed by atoms with Crippen molar-refractivity contribution in [1.29, 1.82) is 0 Å². The summed E-state index contributed by atoms with van der Waals surface area (Å²) in [6, 6.07) is 13.1. The number of carboxylic acid groups (broad SMARTS) is 1. The Labute approximate surface area is 169 Å². The summed E-state index contributed by atoms with van der Waals surface area (Å²) in [4.78, 5) is 18.8. The molecule has 2 aromatic carbocycles. The van der Waals surface area contributed by atoms with Crippen LogP contribution in [0.25, 0.3) is 10.2 Å². The fraction of sp³-hybridized carbons (Fsp3) is 0.300. The van der Waals surface area contributed by atoms with Gasteiger partial charge in [-0.1, -0.05) is 28.1 Å². The van der Waals surface area contributed by atoms with Crippen LogP contribution in [0.2, 0.25) is 0 Å². The third-order valence-corrected chi connectivity index (χ3v) is 6.52. The molecule has 4 rings (SSSR count). The molecule has 1 fully saturated rings. The highest BCUT2D eigenvalue weighted by Crippen LogP contribution is 2.42. The lowest BCUT2D eigenvalue weighted by Gasteiger charge is -2.31. The summed E-state index contributed by atoms with van der Waals surface area (Å²) in [6.07, 6.45) is 1.50. The molecule has 0 saturated carbocycles.